The van der Waals surface area contributed by atoms with Gasteiger partial charge in [-0.25, -0.2) is 4.98 Å². The minimum atomic E-state index is -5.87. The maximum absolute atomic E-state index is 14.7. The van der Waals surface area contributed by atoms with Gasteiger partial charge in [0.2, 0.25) is 0 Å². The van der Waals surface area contributed by atoms with Crippen LogP contribution in [0.4, 0.5) is 26.3 Å². The molecule has 0 spiro atoms. The van der Waals surface area contributed by atoms with Crippen molar-refractivity contribution in [1.29, 1.82) is 5.26 Å². The topological polar surface area (TPSA) is 85.6 Å². The number of alkyl halides is 5. The molecule has 4 rings (SSSR count). The molecule has 0 unspecified atom stereocenters. The van der Waals surface area contributed by atoms with E-state index in [0.29, 0.717) is 12.8 Å². The summed E-state index contributed by atoms with van der Waals surface area (Å²) in [4.78, 5) is 15.8. The number of pyridine rings is 3. The molecule has 32 heavy (non-hydrogen) atoms. The van der Waals surface area contributed by atoms with Crippen molar-refractivity contribution < 1.29 is 31.1 Å². The highest BCUT2D eigenvalue weighted by molar-refractivity contribution is 5.81. The second-order valence-corrected chi connectivity index (χ2v) is 7.53. The Morgan fingerprint density at radius 2 is 1.91 bits per heavy atom. The molecule has 0 aromatic carbocycles. The Hall–Kier alpha value is -3.62. The Morgan fingerprint density at radius 3 is 2.47 bits per heavy atom. The van der Waals surface area contributed by atoms with E-state index in [1.54, 1.807) is 0 Å². The van der Waals surface area contributed by atoms with Crippen LogP contribution in [-0.2, 0) is 12.0 Å². The molecule has 3 heterocycles. The van der Waals surface area contributed by atoms with E-state index in [9.17, 15) is 41.6 Å². The van der Waals surface area contributed by atoms with E-state index in [4.69, 9.17) is 0 Å². The van der Waals surface area contributed by atoms with Crippen molar-refractivity contribution in [2.75, 3.05) is 0 Å². The summed E-state index contributed by atoms with van der Waals surface area (Å²) in [5.74, 6) is -6.16. The molecule has 166 valence electrons. The van der Waals surface area contributed by atoms with Gasteiger partial charge in [0.25, 0.3) is 11.3 Å². The smallest absolute Gasteiger partial charge is 0.455 e. The lowest BCUT2D eigenvalue weighted by atomic mass is 9.99. The summed E-state index contributed by atoms with van der Waals surface area (Å²) >= 11 is 0. The van der Waals surface area contributed by atoms with Gasteiger partial charge in [-0.05, 0) is 31.0 Å². The zero-order valence-corrected chi connectivity index (χ0v) is 16.0. The fourth-order valence-electron chi connectivity index (χ4n) is 3.40. The molecule has 1 aliphatic carbocycles. The summed E-state index contributed by atoms with van der Waals surface area (Å²) in [6.45, 7) is -1.96. The maximum Gasteiger partial charge on any atom is 0.455 e. The van der Waals surface area contributed by atoms with Gasteiger partial charge in [-0.1, -0.05) is 0 Å². The van der Waals surface area contributed by atoms with Crippen molar-refractivity contribution in [2.24, 2.45) is 0 Å². The minimum Gasteiger partial charge on any atom is -0.618 e. The number of aromatic nitrogens is 3. The van der Waals surface area contributed by atoms with Crippen molar-refractivity contribution in [3.63, 3.8) is 0 Å². The van der Waals surface area contributed by atoms with Gasteiger partial charge in [0.1, 0.15) is 5.69 Å². The summed E-state index contributed by atoms with van der Waals surface area (Å²) < 4.78 is 80.0. The molecule has 0 saturated heterocycles. The van der Waals surface area contributed by atoms with E-state index in [-0.39, 0.29) is 31.5 Å². The predicted octanol–water partition coefficient (Wildman–Crippen LogP) is 3.59. The second kappa shape index (κ2) is 6.94. The van der Waals surface area contributed by atoms with Crippen molar-refractivity contribution in [3.05, 3.63) is 63.6 Å². The highest BCUT2D eigenvalue weighted by atomic mass is 19.4. The molecule has 3 aromatic rings. The molecule has 0 aliphatic heterocycles. The van der Waals surface area contributed by atoms with Gasteiger partial charge in [0, 0.05) is 17.0 Å². The lowest BCUT2D eigenvalue weighted by Gasteiger charge is -2.21. The third kappa shape index (κ3) is 3.43. The highest BCUT2D eigenvalue weighted by Gasteiger charge is 2.57. The van der Waals surface area contributed by atoms with Crippen molar-refractivity contribution in [2.45, 2.75) is 36.9 Å². The molecule has 0 atom stereocenters. The van der Waals surface area contributed by atoms with Crippen molar-refractivity contribution in [1.82, 2.24) is 9.55 Å². The Morgan fingerprint density at radius 1 is 1.22 bits per heavy atom. The molecule has 1 saturated carbocycles. The van der Waals surface area contributed by atoms with Crippen LogP contribution < -0.4 is 10.3 Å². The Kier molecular flexibility index (Phi) is 4.69. The fourth-order valence-corrected chi connectivity index (χ4v) is 3.40. The van der Waals surface area contributed by atoms with Gasteiger partial charge in [-0.15, -0.1) is 0 Å². The minimum absolute atomic E-state index is 0.00765. The van der Waals surface area contributed by atoms with E-state index >= 15 is 0 Å². The first-order valence-electron chi connectivity index (χ1n) is 9.17. The molecule has 3 aromatic heterocycles. The summed E-state index contributed by atoms with van der Waals surface area (Å²) in [5.41, 5.74) is -2.92. The molecular weight excluding hydrogens is 442 g/mol. The van der Waals surface area contributed by atoms with Gasteiger partial charge in [-0.2, -0.15) is 36.3 Å². The van der Waals surface area contributed by atoms with Crippen LogP contribution in [0, 0.1) is 22.4 Å². The standard InChI is InChI=1S/C20H12F6N4O2/c21-13-6-12(18(9-27)3-4-18)8-30(32)17(13)14-5-11-1-2-16(31)29(15(11)7-28-14)10-19(22,23)20(24,25)26/h1-2,5-8H,3-4,10H2. The number of halogens is 6. The third-order valence-corrected chi connectivity index (χ3v) is 5.39. The van der Waals surface area contributed by atoms with Gasteiger partial charge >= 0.3 is 12.1 Å². The molecule has 0 amide bonds. The first-order valence-corrected chi connectivity index (χ1v) is 9.17. The van der Waals surface area contributed by atoms with Crippen LogP contribution in [0.15, 0.2) is 41.5 Å². The van der Waals surface area contributed by atoms with Crippen LogP contribution in [0.2, 0.25) is 0 Å². The van der Waals surface area contributed by atoms with Crippen LogP contribution >= 0.6 is 0 Å². The number of nitrogens with zero attached hydrogens (tertiary/aromatic N) is 4. The molecule has 6 nitrogen and oxygen atoms in total. The Balaban J connectivity index is 1.80. The number of hydrogen-bond acceptors (Lipinski definition) is 4. The van der Waals surface area contributed by atoms with Gasteiger partial charge in [0.05, 0.1) is 29.7 Å². The SMILES string of the molecule is N#CC1(c2cc(F)c(-c3cc4ccc(=O)n(CC(F)(F)C(F)(F)F)c4cn3)[n+]([O-])c2)CC1. The maximum atomic E-state index is 14.7. The summed E-state index contributed by atoms with van der Waals surface area (Å²) in [7, 11) is 0. The van der Waals surface area contributed by atoms with Crippen LogP contribution in [-0.4, -0.2) is 21.6 Å². The number of fused-ring (bicyclic) bond motifs is 1. The lowest BCUT2D eigenvalue weighted by Crippen LogP contribution is -2.42. The van der Waals surface area contributed by atoms with Crippen molar-refractivity contribution >= 4 is 10.9 Å². The van der Waals surface area contributed by atoms with E-state index < -0.39 is 41.1 Å². The van der Waals surface area contributed by atoms with Crippen molar-refractivity contribution in [3.8, 4) is 17.5 Å². The van der Waals surface area contributed by atoms with E-state index in [0.717, 1.165) is 36.7 Å². The summed E-state index contributed by atoms with van der Waals surface area (Å²) in [6.07, 6.45) is -3.04. The largest absolute Gasteiger partial charge is 0.618 e. The van der Waals surface area contributed by atoms with Gasteiger partial charge in [0.15, 0.2) is 12.0 Å². The molecule has 0 bridgehead atoms. The Bertz CT molecular complexity index is 1320. The predicted molar refractivity (Wildman–Crippen MR) is 97.9 cm³/mol. The Labute approximate surface area is 175 Å². The number of rotatable bonds is 4. The average molecular weight is 454 g/mol. The first-order chi connectivity index (χ1) is 14.9. The van der Waals surface area contributed by atoms with Gasteiger partial charge in [-0.3, -0.25) is 4.79 Å². The molecule has 0 N–H and O–H groups in total. The molecule has 1 aliphatic rings. The quantitative estimate of drug-likeness (QED) is 0.343. The molecular formula is C20H12F6N4O2. The molecule has 0 radical (unpaired) electrons. The second-order valence-electron chi connectivity index (χ2n) is 7.53. The van der Waals surface area contributed by atoms with E-state index in [1.807, 2.05) is 6.07 Å². The monoisotopic (exact) mass is 454 g/mol. The first kappa shape index (κ1) is 21.6. The van der Waals surface area contributed by atoms with Gasteiger partial charge < -0.3 is 9.77 Å². The lowest BCUT2D eigenvalue weighted by molar-refractivity contribution is -0.595. The zero-order chi connectivity index (χ0) is 23.5. The number of nitriles is 1. The fraction of sp³-hybridized carbons (Fsp3) is 0.300. The normalized spacial score (nSPS) is 15.5. The summed E-state index contributed by atoms with van der Waals surface area (Å²) in [6, 6.07) is 6.10. The molecule has 12 heteroatoms. The third-order valence-electron chi connectivity index (χ3n) is 5.39. The zero-order valence-electron chi connectivity index (χ0n) is 16.0. The molecule has 1 fully saturated rings. The number of hydrogen-bond donors (Lipinski definition) is 0. The van der Waals surface area contributed by atoms with Crippen LogP contribution in [0.25, 0.3) is 22.3 Å². The van der Waals surface area contributed by atoms with Crippen LogP contribution in [0.3, 0.4) is 0 Å². The van der Waals surface area contributed by atoms with E-state index in [1.165, 1.54) is 0 Å². The van der Waals surface area contributed by atoms with E-state index in [2.05, 4.69) is 4.98 Å². The summed E-state index contributed by atoms with van der Waals surface area (Å²) in [5, 5.41) is 21.7. The van der Waals surface area contributed by atoms with Crippen LogP contribution in [0.1, 0.15) is 18.4 Å². The highest BCUT2D eigenvalue weighted by Crippen LogP contribution is 2.47. The average Bonchev–Trinajstić information content (AvgIpc) is 3.50. The van der Waals surface area contributed by atoms with Crippen LogP contribution in [0.5, 0.6) is 0 Å².